The highest BCUT2D eigenvalue weighted by atomic mass is 127. The first-order chi connectivity index (χ1) is 13.3. The number of nitrogens with zero attached hydrogens (tertiary/aromatic N) is 5. The van der Waals surface area contributed by atoms with Gasteiger partial charge in [0, 0.05) is 65.3 Å². The third-order valence-corrected chi connectivity index (χ3v) is 4.86. The zero-order valence-electron chi connectivity index (χ0n) is 16.6. The topological polar surface area (TPSA) is 68.7 Å². The van der Waals surface area contributed by atoms with Gasteiger partial charge in [0.15, 0.2) is 5.96 Å². The molecule has 28 heavy (non-hydrogen) atoms. The molecule has 1 aliphatic heterocycles. The molecule has 0 radical (unpaired) electrons. The number of aryl methyl sites for hydroxylation is 1. The van der Waals surface area contributed by atoms with Crippen LogP contribution in [-0.2, 0) is 6.54 Å². The monoisotopic (exact) mass is 495 g/mol. The molecule has 0 atom stereocenters. The number of halogens is 1. The fourth-order valence-electron chi connectivity index (χ4n) is 3.17. The van der Waals surface area contributed by atoms with Crippen molar-refractivity contribution in [1.82, 2.24) is 25.5 Å². The summed E-state index contributed by atoms with van der Waals surface area (Å²) in [5.41, 5.74) is 2.58. The summed E-state index contributed by atoms with van der Waals surface area (Å²) >= 11 is 0. The van der Waals surface area contributed by atoms with Crippen LogP contribution in [0.4, 0.5) is 5.95 Å². The minimum Gasteiger partial charge on any atom is -0.355 e. The van der Waals surface area contributed by atoms with Crippen molar-refractivity contribution in [2.75, 3.05) is 51.2 Å². The Bertz CT molecular complexity index is 730. The molecule has 0 spiro atoms. The third kappa shape index (κ3) is 6.59. The maximum absolute atomic E-state index is 4.34. The van der Waals surface area contributed by atoms with Gasteiger partial charge in [-0.05, 0) is 24.1 Å². The van der Waals surface area contributed by atoms with Crippen molar-refractivity contribution in [3.8, 4) is 0 Å². The second kappa shape index (κ2) is 11.8. The van der Waals surface area contributed by atoms with Crippen LogP contribution in [0.2, 0.25) is 0 Å². The third-order valence-electron chi connectivity index (χ3n) is 4.86. The molecular weight excluding hydrogens is 465 g/mol. The van der Waals surface area contributed by atoms with Gasteiger partial charge in [0.05, 0.1) is 0 Å². The van der Waals surface area contributed by atoms with Crippen molar-refractivity contribution in [3.63, 3.8) is 0 Å². The molecule has 1 fully saturated rings. The second-order valence-electron chi connectivity index (χ2n) is 6.66. The Hall–Kier alpha value is -1.94. The molecule has 7 nitrogen and oxygen atoms in total. The molecule has 3 rings (SSSR count). The number of nitrogens with one attached hydrogen (secondary N) is 2. The van der Waals surface area contributed by atoms with Gasteiger partial charge in [-0.15, -0.1) is 24.0 Å². The van der Waals surface area contributed by atoms with Crippen LogP contribution in [0.1, 0.15) is 11.1 Å². The zero-order valence-corrected chi connectivity index (χ0v) is 19.0. The van der Waals surface area contributed by atoms with E-state index in [1.165, 1.54) is 11.1 Å². The number of hydrogen-bond acceptors (Lipinski definition) is 5. The van der Waals surface area contributed by atoms with Crippen LogP contribution in [0.5, 0.6) is 0 Å². The quantitative estimate of drug-likeness (QED) is 0.363. The van der Waals surface area contributed by atoms with E-state index in [0.29, 0.717) is 0 Å². The van der Waals surface area contributed by atoms with E-state index in [1.54, 1.807) is 12.4 Å². The number of hydrogen-bond donors (Lipinski definition) is 2. The first-order valence-corrected chi connectivity index (χ1v) is 9.49. The second-order valence-corrected chi connectivity index (χ2v) is 6.66. The van der Waals surface area contributed by atoms with Gasteiger partial charge in [-0.25, -0.2) is 9.97 Å². The summed E-state index contributed by atoms with van der Waals surface area (Å²) in [6.07, 6.45) is 3.60. The van der Waals surface area contributed by atoms with E-state index in [2.05, 4.69) is 66.6 Å². The van der Waals surface area contributed by atoms with Gasteiger partial charge >= 0.3 is 0 Å². The minimum atomic E-state index is 0. The summed E-state index contributed by atoms with van der Waals surface area (Å²) in [6.45, 7) is 8.75. The highest BCUT2D eigenvalue weighted by molar-refractivity contribution is 14.0. The summed E-state index contributed by atoms with van der Waals surface area (Å²) in [5, 5.41) is 6.80. The lowest BCUT2D eigenvalue weighted by Crippen LogP contribution is -2.49. The van der Waals surface area contributed by atoms with Gasteiger partial charge in [-0.2, -0.15) is 0 Å². The number of benzene rings is 1. The Labute approximate surface area is 184 Å². The van der Waals surface area contributed by atoms with E-state index in [9.17, 15) is 0 Å². The average Bonchev–Trinajstić information content (AvgIpc) is 2.73. The molecule has 2 N–H and O–H groups in total. The summed E-state index contributed by atoms with van der Waals surface area (Å²) < 4.78 is 0. The molecule has 0 unspecified atom stereocenters. The maximum atomic E-state index is 4.34. The number of rotatable bonds is 6. The van der Waals surface area contributed by atoms with Crippen LogP contribution in [0.3, 0.4) is 0 Å². The standard InChI is InChI=1S/C20H29N7.HI/c1-17-6-3-4-7-18(17)16-25-19(21-2)22-10-11-26-12-14-27(15-13-26)20-23-8-5-9-24-20;/h3-9H,10-16H2,1-2H3,(H2,21,22,25);1H. The van der Waals surface area contributed by atoms with Crippen molar-refractivity contribution in [2.45, 2.75) is 13.5 Å². The van der Waals surface area contributed by atoms with Crippen molar-refractivity contribution < 1.29 is 0 Å². The molecule has 1 aromatic carbocycles. The molecule has 152 valence electrons. The Morgan fingerprint density at radius 2 is 1.75 bits per heavy atom. The van der Waals surface area contributed by atoms with Crippen LogP contribution in [0.15, 0.2) is 47.7 Å². The molecule has 1 aliphatic rings. The van der Waals surface area contributed by atoms with E-state index < -0.39 is 0 Å². The summed E-state index contributed by atoms with van der Waals surface area (Å²) in [5.74, 6) is 1.67. The first kappa shape index (κ1) is 22.4. The van der Waals surface area contributed by atoms with Crippen molar-refractivity contribution in [1.29, 1.82) is 0 Å². The lowest BCUT2D eigenvalue weighted by Gasteiger charge is -2.34. The molecule has 8 heteroatoms. The van der Waals surface area contributed by atoms with Crippen molar-refractivity contribution in [3.05, 3.63) is 53.9 Å². The molecule has 0 amide bonds. The SMILES string of the molecule is CN=C(NCCN1CCN(c2ncccn2)CC1)NCc1ccccc1C.I. The fourth-order valence-corrected chi connectivity index (χ4v) is 3.17. The average molecular weight is 495 g/mol. The molecule has 0 aliphatic carbocycles. The molecule has 0 bridgehead atoms. The molecule has 2 aromatic rings. The molecule has 0 saturated carbocycles. The van der Waals surface area contributed by atoms with Crippen LogP contribution >= 0.6 is 24.0 Å². The fraction of sp³-hybridized carbons (Fsp3) is 0.450. The van der Waals surface area contributed by atoms with Gasteiger partial charge in [0.1, 0.15) is 0 Å². The highest BCUT2D eigenvalue weighted by Gasteiger charge is 2.18. The summed E-state index contributed by atoms with van der Waals surface area (Å²) in [6, 6.07) is 10.3. The van der Waals surface area contributed by atoms with Gasteiger partial charge < -0.3 is 15.5 Å². The Morgan fingerprint density at radius 3 is 2.43 bits per heavy atom. The smallest absolute Gasteiger partial charge is 0.225 e. The number of aliphatic imine (C=N–C) groups is 1. The van der Waals surface area contributed by atoms with Crippen LogP contribution in [-0.4, -0.2) is 67.1 Å². The largest absolute Gasteiger partial charge is 0.355 e. The summed E-state index contributed by atoms with van der Waals surface area (Å²) in [7, 11) is 1.81. The minimum absolute atomic E-state index is 0. The zero-order chi connectivity index (χ0) is 18.9. The predicted molar refractivity (Wildman–Crippen MR) is 125 cm³/mol. The number of guanidine groups is 1. The van der Waals surface area contributed by atoms with Crippen LogP contribution in [0.25, 0.3) is 0 Å². The van der Waals surface area contributed by atoms with E-state index in [-0.39, 0.29) is 24.0 Å². The van der Waals surface area contributed by atoms with Gasteiger partial charge in [0.25, 0.3) is 0 Å². The first-order valence-electron chi connectivity index (χ1n) is 9.49. The molecule has 1 aromatic heterocycles. The lowest BCUT2D eigenvalue weighted by atomic mass is 10.1. The predicted octanol–water partition coefficient (Wildman–Crippen LogP) is 1.89. The highest BCUT2D eigenvalue weighted by Crippen LogP contribution is 2.09. The Balaban J connectivity index is 0.00000280. The lowest BCUT2D eigenvalue weighted by molar-refractivity contribution is 0.260. The normalized spacial score (nSPS) is 15.1. The number of anilines is 1. The van der Waals surface area contributed by atoms with E-state index in [4.69, 9.17) is 0 Å². The Kier molecular flexibility index (Phi) is 9.42. The number of piperazine rings is 1. The van der Waals surface area contributed by atoms with Crippen LogP contribution < -0.4 is 15.5 Å². The number of aromatic nitrogens is 2. The Morgan fingerprint density at radius 1 is 1.04 bits per heavy atom. The maximum Gasteiger partial charge on any atom is 0.225 e. The summed E-state index contributed by atoms with van der Waals surface area (Å²) in [4.78, 5) is 17.7. The van der Waals surface area contributed by atoms with E-state index in [1.807, 2.05) is 13.1 Å². The van der Waals surface area contributed by atoms with Crippen molar-refractivity contribution >= 4 is 35.9 Å². The van der Waals surface area contributed by atoms with Gasteiger partial charge in [0.2, 0.25) is 5.95 Å². The van der Waals surface area contributed by atoms with E-state index in [0.717, 1.165) is 57.7 Å². The van der Waals surface area contributed by atoms with Gasteiger partial charge in [-0.3, -0.25) is 9.89 Å². The van der Waals surface area contributed by atoms with E-state index >= 15 is 0 Å². The molecular formula is C20H30IN7. The van der Waals surface area contributed by atoms with Crippen LogP contribution in [0, 0.1) is 6.92 Å². The van der Waals surface area contributed by atoms with Gasteiger partial charge in [-0.1, -0.05) is 24.3 Å². The molecule has 1 saturated heterocycles. The molecule has 2 heterocycles. The van der Waals surface area contributed by atoms with Crippen molar-refractivity contribution in [2.24, 2.45) is 4.99 Å².